The van der Waals surface area contributed by atoms with E-state index in [1.807, 2.05) is 11.8 Å². The minimum absolute atomic E-state index is 0.0610. The van der Waals surface area contributed by atoms with Crippen molar-refractivity contribution in [3.8, 4) is 0 Å². The maximum atomic E-state index is 13.9. The standard InChI is InChI=1S/C13H18FN3O2/c1-9-8-17(6-3-7-19-9)11-5-2-4-10(14)12(11)13(15)16-18/h2,4-5,9,18H,3,6-8H2,1H3,(H2,15,16). The lowest BCUT2D eigenvalue weighted by Crippen LogP contribution is -2.32. The molecule has 0 aliphatic carbocycles. The van der Waals surface area contributed by atoms with Crippen LogP contribution in [0.4, 0.5) is 10.1 Å². The smallest absolute Gasteiger partial charge is 0.175 e. The molecule has 2 rings (SSSR count). The van der Waals surface area contributed by atoms with Gasteiger partial charge in [-0.25, -0.2) is 4.39 Å². The van der Waals surface area contributed by atoms with E-state index in [4.69, 9.17) is 15.7 Å². The van der Waals surface area contributed by atoms with Gasteiger partial charge < -0.3 is 20.6 Å². The van der Waals surface area contributed by atoms with Gasteiger partial charge in [0.05, 0.1) is 17.4 Å². The zero-order valence-corrected chi connectivity index (χ0v) is 10.8. The Balaban J connectivity index is 2.40. The summed E-state index contributed by atoms with van der Waals surface area (Å²) in [4.78, 5) is 2.01. The molecule has 1 fully saturated rings. The molecule has 3 N–H and O–H groups in total. The molecule has 1 saturated heterocycles. The van der Waals surface area contributed by atoms with Gasteiger partial charge in [-0.1, -0.05) is 11.2 Å². The van der Waals surface area contributed by atoms with Crippen LogP contribution in [0.5, 0.6) is 0 Å². The molecule has 1 atom stereocenters. The third kappa shape index (κ3) is 2.96. The maximum absolute atomic E-state index is 13.9. The van der Waals surface area contributed by atoms with Gasteiger partial charge in [0.2, 0.25) is 0 Å². The van der Waals surface area contributed by atoms with Crippen LogP contribution < -0.4 is 10.6 Å². The van der Waals surface area contributed by atoms with Crippen LogP contribution >= 0.6 is 0 Å². The van der Waals surface area contributed by atoms with Gasteiger partial charge >= 0.3 is 0 Å². The summed E-state index contributed by atoms with van der Waals surface area (Å²) < 4.78 is 19.5. The fourth-order valence-electron chi connectivity index (χ4n) is 2.29. The molecule has 0 saturated carbocycles. The highest BCUT2D eigenvalue weighted by Crippen LogP contribution is 2.25. The lowest BCUT2D eigenvalue weighted by atomic mass is 10.1. The average Bonchev–Trinajstić information content (AvgIpc) is 2.62. The van der Waals surface area contributed by atoms with Crippen LogP contribution in [-0.2, 0) is 4.74 Å². The van der Waals surface area contributed by atoms with Crippen LogP contribution in [0.25, 0.3) is 0 Å². The number of hydrogen-bond donors (Lipinski definition) is 2. The summed E-state index contributed by atoms with van der Waals surface area (Å²) in [5.41, 5.74) is 6.35. The summed E-state index contributed by atoms with van der Waals surface area (Å²) in [5, 5.41) is 11.7. The highest BCUT2D eigenvalue weighted by atomic mass is 19.1. The fraction of sp³-hybridized carbons (Fsp3) is 0.462. The molecule has 0 amide bonds. The molecular formula is C13H18FN3O2. The second kappa shape index (κ2) is 5.88. The first-order chi connectivity index (χ1) is 9.13. The number of benzene rings is 1. The maximum Gasteiger partial charge on any atom is 0.175 e. The molecule has 0 radical (unpaired) electrons. The lowest BCUT2D eigenvalue weighted by molar-refractivity contribution is 0.0821. The third-order valence-electron chi connectivity index (χ3n) is 3.15. The molecule has 0 aromatic heterocycles. The van der Waals surface area contributed by atoms with Crippen LogP contribution in [0.3, 0.4) is 0 Å². The molecule has 1 aromatic rings. The number of nitrogens with zero attached hydrogens (tertiary/aromatic N) is 2. The molecule has 0 spiro atoms. The number of anilines is 1. The van der Waals surface area contributed by atoms with Gasteiger partial charge in [0.1, 0.15) is 5.82 Å². The lowest BCUT2D eigenvalue weighted by Gasteiger charge is -2.26. The van der Waals surface area contributed by atoms with E-state index in [0.29, 0.717) is 18.8 Å². The van der Waals surface area contributed by atoms with Crippen LogP contribution in [-0.4, -0.2) is 36.8 Å². The van der Waals surface area contributed by atoms with Crippen molar-refractivity contribution in [2.45, 2.75) is 19.4 Å². The highest BCUT2D eigenvalue weighted by molar-refractivity contribution is 6.02. The molecule has 1 aromatic carbocycles. The molecule has 1 unspecified atom stereocenters. The SMILES string of the molecule is CC1CN(c2cccc(F)c2C(N)=NO)CCCO1. The minimum Gasteiger partial charge on any atom is -0.409 e. The Bertz CT molecular complexity index is 479. The molecule has 1 aliphatic rings. The average molecular weight is 267 g/mol. The number of ether oxygens (including phenoxy) is 1. The van der Waals surface area contributed by atoms with Gasteiger partial charge in [-0.05, 0) is 25.5 Å². The summed E-state index contributed by atoms with van der Waals surface area (Å²) in [5.74, 6) is -0.712. The zero-order valence-electron chi connectivity index (χ0n) is 10.8. The zero-order chi connectivity index (χ0) is 13.8. The molecule has 1 aliphatic heterocycles. The van der Waals surface area contributed by atoms with E-state index in [-0.39, 0.29) is 17.5 Å². The van der Waals surface area contributed by atoms with Gasteiger partial charge in [0.25, 0.3) is 0 Å². The van der Waals surface area contributed by atoms with E-state index >= 15 is 0 Å². The number of hydrogen-bond acceptors (Lipinski definition) is 4. The van der Waals surface area contributed by atoms with E-state index in [2.05, 4.69) is 5.16 Å². The molecule has 1 heterocycles. The van der Waals surface area contributed by atoms with Crippen LogP contribution in [0, 0.1) is 5.82 Å². The largest absolute Gasteiger partial charge is 0.409 e. The van der Waals surface area contributed by atoms with Gasteiger partial charge in [0, 0.05) is 19.7 Å². The number of oxime groups is 1. The normalized spacial score (nSPS) is 21.3. The summed E-state index contributed by atoms with van der Waals surface area (Å²) >= 11 is 0. The highest BCUT2D eigenvalue weighted by Gasteiger charge is 2.21. The number of amidine groups is 1. The van der Waals surface area contributed by atoms with E-state index in [1.54, 1.807) is 12.1 Å². The number of halogens is 1. The Morgan fingerprint density at radius 1 is 1.58 bits per heavy atom. The number of rotatable bonds is 2. The van der Waals surface area contributed by atoms with Gasteiger partial charge in [-0.2, -0.15) is 0 Å². The molecule has 104 valence electrons. The third-order valence-corrected chi connectivity index (χ3v) is 3.15. The number of nitrogens with two attached hydrogens (primary N) is 1. The van der Waals surface area contributed by atoms with Crippen molar-refractivity contribution in [2.24, 2.45) is 10.9 Å². The molecular weight excluding hydrogens is 249 g/mol. The van der Waals surface area contributed by atoms with Crippen molar-refractivity contribution in [2.75, 3.05) is 24.6 Å². The Kier molecular flexibility index (Phi) is 4.21. The summed E-state index contributed by atoms with van der Waals surface area (Å²) in [6.07, 6.45) is 0.919. The first-order valence-corrected chi connectivity index (χ1v) is 6.26. The monoisotopic (exact) mass is 267 g/mol. The van der Waals surface area contributed by atoms with Crippen LogP contribution in [0.1, 0.15) is 18.9 Å². The Morgan fingerprint density at radius 3 is 3.11 bits per heavy atom. The first-order valence-electron chi connectivity index (χ1n) is 6.26. The Hall–Kier alpha value is -1.82. The minimum atomic E-state index is -0.495. The van der Waals surface area contributed by atoms with E-state index in [1.165, 1.54) is 6.07 Å². The first kappa shape index (κ1) is 13.6. The van der Waals surface area contributed by atoms with Crippen molar-refractivity contribution < 1.29 is 14.3 Å². The van der Waals surface area contributed by atoms with Crippen molar-refractivity contribution in [3.05, 3.63) is 29.6 Å². The summed E-state index contributed by atoms with van der Waals surface area (Å²) in [6, 6.07) is 4.69. The van der Waals surface area contributed by atoms with Crippen molar-refractivity contribution in [1.29, 1.82) is 0 Å². The van der Waals surface area contributed by atoms with Crippen LogP contribution in [0.15, 0.2) is 23.4 Å². The molecule has 19 heavy (non-hydrogen) atoms. The van der Waals surface area contributed by atoms with Crippen molar-refractivity contribution in [3.63, 3.8) is 0 Å². The Labute approximate surface area is 111 Å². The van der Waals surface area contributed by atoms with E-state index < -0.39 is 5.82 Å². The second-order valence-corrected chi connectivity index (χ2v) is 4.60. The molecule has 6 heteroatoms. The van der Waals surface area contributed by atoms with Gasteiger partial charge in [-0.15, -0.1) is 0 Å². The van der Waals surface area contributed by atoms with Crippen molar-refractivity contribution in [1.82, 2.24) is 0 Å². The quantitative estimate of drug-likeness (QED) is 0.369. The van der Waals surface area contributed by atoms with Gasteiger partial charge in [-0.3, -0.25) is 0 Å². The Morgan fingerprint density at radius 2 is 2.37 bits per heavy atom. The predicted octanol–water partition coefficient (Wildman–Crippen LogP) is 1.54. The molecule has 5 nitrogen and oxygen atoms in total. The van der Waals surface area contributed by atoms with Crippen molar-refractivity contribution >= 4 is 11.5 Å². The topological polar surface area (TPSA) is 71.1 Å². The summed E-state index contributed by atoms with van der Waals surface area (Å²) in [7, 11) is 0. The van der Waals surface area contributed by atoms with Gasteiger partial charge in [0.15, 0.2) is 5.84 Å². The summed E-state index contributed by atoms with van der Waals surface area (Å²) in [6.45, 7) is 4.06. The molecule has 0 bridgehead atoms. The predicted molar refractivity (Wildman–Crippen MR) is 71.2 cm³/mol. The van der Waals surface area contributed by atoms with E-state index in [9.17, 15) is 4.39 Å². The van der Waals surface area contributed by atoms with E-state index in [0.717, 1.165) is 13.0 Å². The van der Waals surface area contributed by atoms with Crippen LogP contribution in [0.2, 0.25) is 0 Å². The fourth-order valence-corrected chi connectivity index (χ4v) is 2.29. The second-order valence-electron chi connectivity index (χ2n) is 4.60.